The highest BCUT2D eigenvalue weighted by atomic mass is 35.5. The molecule has 4 rings (SSSR count). The van der Waals surface area contributed by atoms with Gasteiger partial charge in [0.2, 0.25) is 0 Å². The van der Waals surface area contributed by atoms with Crippen LogP contribution in [-0.4, -0.2) is 42.9 Å². The zero-order valence-electron chi connectivity index (χ0n) is 24.6. The zero-order chi connectivity index (χ0) is 30.4. The first-order valence-corrected chi connectivity index (χ1v) is 14.0. The molecule has 6 nitrogen and oxygen atoms in total. The molecule has 6 N–H and O–H groups in total. The maximum absolute atomic E-state index is 12.4. The molecule has 0 radical (unpaired) electrons. The predicted molar refractivity (Wildman–Crippen MR) is 164 cm³/mol. The molecular weight excluding hydrogens is 525 g/mol. The molecule has 0 amide bonds. The number of fused-ring (bicyclic) bond motifs is 1. The molecule has 0 spiro atoms. The van der Waals surface area contributed by atoms with Crippen LogP contribution >= 0.6 is 11.6 Å². The van der Waals surface area contributed by atoms with Crippen molar-refractivity contribution in [1.82, 2.24) is 9.99 Å². The molecule has 2 aliphatic rings. The number of rotatable bonds is 3. The third kappa shape index (κ3) is 15.7. The highest BCUT2D eigenvalue weighted by Gasteiger charge is 2.33. The number of hydrazone groups is 1. The van der Waals surface area contributed by atoms with Crippen LogP contribution < -0.4 is 17.2 Å². The van der Waals surface area contributed by atoms with Crippen LogP contribution in [0.25, 0.3) is 10.9 Å². The van der Waals surface area contributed by atoms with Gasteiger partial charge in [-0.25, -0.2) is 4.98 Å². The van der Waals surface area contributed by atoms with Crippen LogP contribution in [0.1, 0.15) is 78.3 Å². The monoisotopic (exact) mass is 574 g/mol. The van der Waals surface area contributed by atoms with Crippen LogP contribution in [0.15, 0.2) is 42.0 Å². The summed E-state index contributed by atoms with van der Waals surface area (Å²) >= 11 is 5.71. The Morgan fingerprint density at radius 3 is 1.97 bits per heavy atom. The van der Waals surface area contributed by atoms with Crippen molar-refractivity contribution in [3.8, 4) is 0 Å². The molecule has 224 valence electrons. The Labute approximate surface area is 238 Å². The lowest BCUT2D eigenvalue weighted by atomic mass is 10.0. The topological polar surface area (TPSA) is 107 Å². The number of anilines is 1. The molecule has 2 aromatic rings. The first-order valence-electron chi connectivity index (χ1n) is 13.6. The Morgan fingerprint density at radius 1 is 1.03 bits per heavy atom. The number of aromatic nitrogens is 1. The molecule has 1 aliphatic carbocycles. The normalized spacial score (nSPS) is 15.6. The Bertz CT molecular complexity index is 920. The van der Waals surface area contributed by atoms with Crippen molar-refractivity contribution in [2.45, 2.75) is 84.9 Å². The minimum absolute atomic E-state index is 0.0137. The number of hydrogen-bond donors (Lipinski definition) is 3. The highest BCUT2D eigenvalue weighted by Crippen LogP contribution is 2.32. The number of halogens is 4. The van der Waals surface area contributed by atoms with Gasteiger partial charge in [0.25, 0.3) is 0 Å². The summed E-state index contributed by atoms with van der Waals surface area (Å²) in [4.78, 5) is 3.48. The Morgan fingerprint density at radius 2 is 1.54 bits per heavy atom. The second-order valence-electron chi connectivity index (χ2n) is 8.73. The van der Waals surface area contributed by atoms with Crippen molar-refractivity contribution >= 4 is 34.4 Å². The molecule has 1 fully saturated rings. The van der Waals surface area contributed by atoms with Crippen LogP contribution in [0.5, 0.6) is 0 Å². The van der Waals surface area contributed by atoms with Crippen LogP contribution in [0.4, 0.5) is 18.9 Å². The smallest absolute Gasteiger partial charge is 0.398 e. The highest BCUT2D eigenvalue weighted by molar-refractivity contribution is 6.31. The summed E-state index contributed by atoms with van der Waals surface area (Å²) in [6, 6.07) is 5.61. The van der Waals surface area contributed by atoms with E-state index in [0.29, 0.717) is 22.4 Å². The van der Waals surface area contributed by atoms with E-state index in [0.717, 1.165) is 19.0 Å². The second-order valence-corrected chi connectivity index (χ2v) is 9.17. The molecule has 1 saturated carbocycles. The van der Waals surface area contributed by atoms with Crippen molar-refractivity contribution in [1.29, 1.82) is 0 Å². The van der Waals surface area contributed by atoms with Gasteiger partial charge >= 0.3 is 6.18 Å². The predicted octanol–water partition coefficient (Wildman–Crippen LogP) is 7.89. The standard InChI is InChI=1S/C10H6ClF3N2.C9H16N2.C6H12.C2H6.2CH5N/c11-5-1-2-8-6(3-5)7(15)4-9(16-8)10(12,13)14;1-4-9-5-6-10-11(9)7-8(2)3;1-2-4-6-5-3-1;3*1-2/h1-4H,(H2,15,16);4,6,8-9H,1,5,7H2,2-3H3;1-6H2;1-2H3;2*2H2,1H3. The summed E-state index contributed by atoms with van der Waals surface area (Å²) in [5, 5.41) is 7.19. The van der Waals surface area contributed by atoms with Gasteiger partial charge in [-0.1, -0.05) is 83.9 Å². The summed E-state index contributed by atoms with van der Waals surface area (Å²) < 4.78 is 37.3. The van der Waals surface area contributed by atoms with E-state index in [1.165, 1.54) is 70.8 Å². The fourth-order valence-corrected chi connectivity index (χ4v) is 3.84. The van der Waals surface area contributed by atoms with Gasteiger partial charge in [-0.2, -0.15) is 18.3 Å². The van der Waals surface area contributed by atoms with E-state index < -0.39 is 11.9 Å². The molecule has 1 atom stereocenters. The number of hydrogen-bond acceptors (Lipinski definition) is 6. The molecule has 0 saturated heterocycles. The molecule has 39 heavy (non-hydrogen) atoms. The maximum Gasteiger partial charge on any atom is 0.433 e. The van der Waals surface area contributed by atoms with Crippen LogP contribution in [0.3, 0.4) is 0 Å². The zero-order valence-corrected chi connectivity index (χ0v) is 25.3. The summed E-state index contributed by atoms with van der Waals surface area (Å²) in [7, 11) is 3.00. The molecular formula is C29H50ClF3N6. The van der Waals surface area contributed by atoms with E-state index in [9.17, 15) is 13.2 Å². The minimum Gasteiger partial charge on any atom is -0.398 e. The van der Waals surface area contributed by atoms with E-state index in [1.807, 2.05) is 26.1 Å². The van der Waals surface area contributed by atoms with E-state index in [1.54, 1.807) is 0 Å². The van der Waals surface area contributed by atoms with Gasteiger partial charge in [0.05, 0.1) is 11.6 Å². The quantitative estimate of drug-likeness (QED) is 0.323. The Balaban J connectivity index is 0. The van der Waals surface area contributed by atoms with Crippen molar-refractivity contribution in [2.75, 3.05) is 26.4 Å². The third-order valence-electron chi connectivity index (χ3n) is 5.38. The van der Waals surface area contributed by atoms with Gasteiger partial charge in [0, 0.05) is 35.3 Å². The Kier molecular flexibility index (Phi) is 22.3. The van der Waals surface area contributed by atoms with Crippen LogP contribution in [-0.2, 0) is 6.18 Å². The average Bonchev–Trinajstić information content (AvgIpc) is 3.40. The lowest BCUT2D eigenvalue weighted by Crippen LogP contribution is -2.28. The third-order valence-corrected chi connectivity index (χ3v) is 5.61. The molecule has 2 heterocycles. The van der Waals surface area contributed by atoms with E-state index in [2.05, 4.69) is 47.0 Å². The first kappa shape index (κ1) is 38.8. The lowest BCUT2D eigenvalue weighted by molar-refractivity contribution is -0.140. The van der Waals surface area contributed by atoms with Crippen molar-refractivity contribution in [2.24, 2.45) is 22.5 Å². The average molecular weight is 575 g/mol. The van der Waals surface area contributed by atoms with Crippen LogP contribution in [0, 0.1) is 5.92 Å². The van der Waals surface area contributed by atoms with Crippen molar-refractivity contribution < 1.29 is 13.2 Å². The van der Waals surface area contributed by atoms with Gasteiger partial charge in [-0.05, 0) is 44.3 Å². The number of alkyl halides is 3. The van der Waals surface area contributed by atoms with Crippen molar-refractivity contribution in [3.05, 3.63) is 47.6 Å². The second kappa shape index (κ2) is 22.5. The van der Waals surface area contributed by atoms with Gasteiger partial charge in [0.15, 0.2) is 0 Å². The fraction of sp³-hybridized carbons (Fsp3) is 0.586. The largest absolute Gasteiger partial charge is 0.433 e. The summed E-state index contributed by atoms with van der Waals surface area (Å²) in [5.74, 6) is 0.674. The lowest BCUT2D eigenvalue weighted by Gasteiger charge is -2.22. The summed E-state index contributed by atoms with van der Waals surface area (Å²) in [6.07, 6.45) is 9.46. The van der Waals surface area contributed by atoms with Gasteiger partial charge in [-0.3, -0.25) is 5.01 Å². The Hall–Kier alpha value is -2.36. The number of pyridine rings is 1. The number of nitrogens with two attached hydrogens (primary N) is 3. The van der Waals surface area contributed by atoms with E-state index >= 15 is 0 Å². The first-order chi connectivity index (χ1) is 18.6. The van der Waals surface area contributed by atoms with Crippen LogP contribution in [0.2, 0.25) is 5.02 Å². The van der Waals surface area contributed by atoms with E-state index in [-0.39, 0.29) is 11.2 Å². The number of benzene rings is 1. The summed E-state index contributed by atoms with van der Waals surface area (Å²) in [5.41, 5.74) is 13.7. The molecule has 10 heteroatoms. The van der Waals surface area contributed by atoms with Gasteiger partial charge < -0.3 is 17.2 Å². The molecule has 0 bridgehead atoms. The minimum atomic E-state index is -4.50. The number of nitrogen functional groups attached to an aromatic ring is 1. The maximum atomic E-state index is 12.4. The fourth-order valence-electron chi connectivity index (χ4n) is 3.67. The number of nitrogens with zero attached hydrogens (tertiary/aromatic N) is 3. The SMILES string of the molecule is C1CCCCC1.C=CC1CC=NN1CC(C)C.CC.CN.CN.Nc1cc(C(F)(F)F)nc2ccc(Cl)cc12. The van der Waals surface area contributed by atoms with E-state index in [4.69, 9.17) is 17.3 Å². The van der Waals surface area contributed by atoms with Crippen molar-refractivity contribution in [3.63, 3.8) is 0 Å². The molecule has 1 unspecified atom stereocenters. The van der Waals surface area contributed by atoms with Gasteiger partial charge in [0.1, 0.15) is 5.69 Å². The summed E-state index contributed by atoms with van der Waals surface area (Å²) in [6.45, 7) is 13.2. The molecule has 1 aromatic carbocycles. The molecule has 1 aromatic heterocycles. The molecule has 1 aliphatic heterocycles. The van der Waals surface area contributed by atoms with Gasteiger partial charge in [-0.15, -0.1) is 6.58 Å².